The number of aliphatic hydroxyl groups excluding tert-OH is 1. The lowest BCUT2D eigenvalue weighted by Crippen LogP contribution is -1.94. The van der Waals surface area contributed by atoms with Gasteiger partial charge >= 0.3 is 0 Å². The highest BCUT2D eigenvalue weighted by Crippen LogP contribution is 2.36. The van der Waals surface area contributed by atoms with E-state index in [1.165, 1.54) is 0 Å². The summed E-state index contributed by atoms with van der Waals surface area (Å²) in [6.45, 7) is -0.194. The van der Waals surface area contributed by atoms with E-state index in [1.54, 1.807) is 30.5 Å². The van der Waals surface area contributed by atoms with Gasteiger partial charge in [-0.1, -0.05) is 12.1 Å². The molecule has 3 aromatic rings. The lowest BCUT2D eigenvalue weighted by molar-refractivity contribution is 0.275. The van der Waals surface area contributed by atoms with E-state index in [1.807, 2.05) is 18.2 Å². The molecule has 0 aliphatic heterocycles. The van der Waals surface area contributed by atoms with Crippen molar-refractivity contribution >= 4 is 11.0 Å². The van der Waals surface area contributed by atoms with E-state index < -0.39 is 0 Å². The molecule has 1 aromatic carbocycles. The van der Waals surface area contributed by atoms with Crippen LogP contribution in [0, 0.1) is 11.3 Å². The molecule has 98 valence electrons. The number of ether oxygens (including phenoxy) is 1. The first-order chi connectivity index (χ1) is 9.83. The third-order valence-electron chi connectivity index (χ3n) is 2.87. The normalized spacial score (nSPS) is 10.4. The number of aliphatic hydroxyl groups is 1. The number of fused-ring (bicyclic) bond motifs is 1. The summed E-state index contributed by atoms with van der Waals surface area (Å²) < 4.78 is 11.1. The highest BCUT2D eigenvalue weighted by molar-refractivity contribution is 5.86. The highest BCUT2D eigenvalue weighted by Gasteiger charge is 2.17. The van der Waals surface area contributed by atoms with Crippen LogP contribution in [0.3, 0.4) is 0 Å². The van der Waals surface area contributed by atoms with Gasteiger partial charge in [-0.15, -0.1) is 0 Å². The van der Waals surface area contributed by atoms with Crippen LogP contribution in [0.25, 0.3) is 11.0 Å². The van der Waals surface area contributed by atoms with Crippen molar-refractivity contribution in [3.8, 4) is 17.7 Å². The van der Waals surface area contributed by atoms with Crippen molar-refractivity contribution < 1.29 is 14.3 Å². The van der Waals surface area contributed by atoms with Gasteiger partial charge in [0.2, 0.25) is 11.6 Å². The minimum atomic E-state index is -0.194. The van der Waals surface area contributed by atoms with Gasteiger partial charge in [0, 0.05) is 11.8 Å². The molecule has 2 aromatic heterocycles. The predicted molar refractivity (Wildman–Crippen MR) is 71.2 cm³/mol. The quantitative estimate of drug-likeness (QED) is 0.788. The largest absolute Gasteiger partial charge is 0.442 e. The van der Waals surface area contributed by atoms with E-state index >= 15 is 0 Å². The summed E-state index contributed by atoms with van der Waals surface area (Å²) in [4.78, 5) is 4.07. The smallest absolute Gasteiger partial charge is 0.247 e. The summed E-state index contributed by atoms with van der Waals surface area (Å²) in [5, 5.41) is 19.1. The minimum Gasteiger partial charge on any atom is -0.442 e. The van der Waals surface area contributed by atoms with Crippen LogP contribution in [0.15, 0.2) is 47.0 Å². The molecule has 0 fully saturated rings. The monoisotopic (exact) mass is 266 g/mol. The van der Waals surface area contributed by atoms with Crippen LogP contribution >= 0.6 is 0 Å². The zero-order chi connectivity index (χ0) is 13.9. The van der Waals surface area contributed by atoms with Gasteiger partial charge < -0.3 is 14.3 Å². The number of nitriles is 1. The summed E-state index contributed by atoms with van der Waals surface area (Å²) in [5.74, 6) is 0.662. The third-order valence-corrected chi connectivity index (χ3v) is 2.87. The zero-order valence-corrected chi connectivity index (χ0v) is 10.4. The second-order valence-corrected chi connectivity index (χ2v) is 4.10. The molecule has 0 unspecified atom stereocenters. The second kappa shape index (κ2) is 5.03. The minimum absolute atomic E-state index is 0.0840. The first-order valence-corrected chi connectivity index (χ1v) is 5.97. The van der Waals surface area contributed by atoms with Gasteiger partial charge in [-0.3, -0.25) is 0 Å². The fourth-order valence-electron chi connectivity index (χ4n) is 1.93. The molecule has 20 heavy (non-hydrogen) atoms. The van der Waals surface area contributed by atoms with Gasteiger partial charge in [0.1, 0.15) is 11.7 Å². The van der Waals surface area contributed by atoms with E-state index in [4.69, 9.17) is 14.4 Å². The topological polar surface area (TPSA) is 79.3 Å². The summed E-state index contributed by atoms with van der Waals surface area (Å²) in [6.07, 6.45) is 1.56. The van der Waals surface area contributed by atoms with Crippen molar-refractivity contribution in [3.63, 3.8) is 0 Å². The Morgan fingerprint density at radius 2 is 2.10 bits per heavy atom. The zero-order valence-electron chi connectivity index (χ0n) is 10.4. The van der Waals surface area contributed by atoms with Crippen LogP contribution in [0.4, 0.5) is 0 Å². The number of benzene rings is 1. The molecule has 0 saturated heterocycles. The molecule has 0 aliphatic rings. The Balaban J connectivity index is 2.13. The molecule has 2 heterocycles. The molecule has 0 atom stereocenters. The molecular weight excluding hydrogens is 256 g/mol. The summed E-state index contributed by atoms with van der Waals surface area (Å²) >= 11 is 0. The van der Waals surface area contributed by atoms with E-state index in [2.05, 4.69) is 4.98 Å². The van der Waals surface area contributed by atoms with Crippen molar-refractivity contribution in [3.05, 3.63) is 53.9 Å². The first kappa shape index (κ1) is 12.2. The predicted octanol–water partition coefficient (Wildman–Crippen LogP) is 2.98. The van der Waals surface area contributed by atoms with Crippen LogP contribution in [0.5, 0.6) is 11.6 Å². The van der Waals surface area contributed by atoms with Crippen LogP contribution < -0.4 is 4.74 Å². The van der Waals surface area contributed by atoms with E-state index in [0.29, 0.717) is 22.3 Å². The molecule has 1 N–H and O–H groups in total. The van der Waals surface area contributed by atoms with Crippen molar-refractivity contribution in [1.29, 1.82) is 5.26 Å². The molecule has 0 spiro atoms. The molecule has 0 bridgehead atoms. The van der Waals surface area contributed by atoms with Gasteiger partial charge in [-0.25, -0.2) is 4.98 Å². The van der Waals surface area contributed by atoms with Gasteiger partial charge in [0.25, 0.3) is 0 Å². The molecule has 5 heteroatoms. The number of furan rings is 1. The summed E-state index contributed by atoms with van der Waals surface area (Å²) in [5.41, 5.74) is 1.11. The highest BCUT2D eigenvalue weighted by atomic mass is 16.5. The standard InChI is InChI=1S/C15H10N2O3/c16-8-13-14(11-5-1-2-6-12(11)19-13)20-15-10(9-18)4-3-7-17-15/h1-7,18H,9H2. The van der Waals surface area contributed by atoms with E-state index in [-0.39, 0.29) is 18.2 Å². The Morgan fingerprint density at radius 3 is 2.90 bits per heavy atom. The fraction of sp³-hybridized carbons (Fsp3) is 0.0667. The Bertz CT molecular complexity index is 802. The maximum atomic E-state index is 9.28. The Labute approximate surface area is 114 Å². The number of hydrogen-bond acceptors (Lipinski definition) is 5. The van der Waals surface area contributed by atoms with Gasteiger partial charge in [0.15, 0.2) is 5.75 Å². The van der Waals surface area contributed by atoms with E-state index in [0.717, 1.165) is 0 Å². The number of hydrogen-bond donors (Lipinski definition) is 1. The lowest BCUT2D eigenvalue weighted by Gasteiger charge is -2.06. The average Bonchev–Trinajstić information content (AvgIpc) is 2.86. The Kier molecular flexibility index (Phi) is 3.07. The van der Waals surface area contributed by atoms with Crippen molar-refractivity contribution in [1.82, 2.24) is 4.98 Å². The first-order valence-electron chi connectivity index (χ1n) is 5.97. The molecule has 0 saturated carbocycles. The van der Waals surface area contributed by atoms with Crippen molar-refractivity contribution in [2.75, 3.05) is 0 Å². The Hall–Kier alpha value is -2.84. The van der Waals surface area contributed by atoms with Gasteiger partial charge in [-0.2, -0.15) is 5.26 Å². The number of pyridine rings is 1. The van der Waals surface area contributed by atoms with Crippen LogP contribution in [-0.4, -0.2) is 10.1 Å². The SMILES string of the molecule is N#Cc1oc2ccccc2c1Oc1ncccc1CO. The summed E-state index contributed by atoms with van der Waals surface area (Å²) in [7, 11) is 0. The molecular formula is C15H10N2O3. The van der Waals surface area contributed by atoms with Crippen molar-refractivity contribution in [2.45, 2.75) is 6.61 Å². The third kappa shape index (κ3) is 1.98. The number of aromatic nitrogens is 1. The Morgan fingerprint density at radius 1 is 1.25 bits per heavy atom. The van der Waals surface area contributed by atoms with Crippen molar-refractivity contribution in [2.24, 2.45) is 0 Å². The number of nitrogens with zero attached hydrogens (tertiary/aromatic N) is 2. The maximum Gasteiger partial charge on any atom is 0.247 e. The molecule has 0 aliphatic carbocycles. The second-order valence-electron chi connectivity index (χ2n) is 4.10. The number of para-hydroxylation sites is 1. The van der Waals surface area contributed by atoms with Gasteiger partial charge in [-0.05, 0) is 24.3 Å². The fourth-order valence-corrected chi connectivity index (χ4v) is 1.93. The van der Waals surface area contributed by atoms with Crippen LogP contribution in [0.1, 0.15) is 11.3 Å². The maximum absolute atomic E-state index is 9.28. The van der Waals surface area contributed by atoms with Crippen LogP contribution in [-0.2, 0) is 6.61 Å². The number of rotatable bonds is 3. The lowest BCUT2D eigenvalue weighted by atomic mass is 10.2. The molecule has 5 nitrogen and oxygen atoms in total. The van der Waals surface area contributed by atoms with E-state index in [9.17, 15) is 5.11 Å². The average molecular weight is 266 g/mol. The summed E-state index contributed by atoms with van der Waals surface area (Å²) in [6, 6.07) is 12.6. The molecule has 0 amide bonds. The van der Waals surface area contributed by atoms with Gasteiger partial charge in [0.05, 0.1) is 12.0 Å². The molecule has 3 rings (SSSR count). The van der Waals surface area contributed by atoms with Crippen LogP contribution in [0.2, 0.25) is 0 Å². The molecule has 0 radical (unpaired) electrons.